The second-order valence-corrected chi connectivity index (χ2v) is 6.29. The maximum Gasteiger partial charge on any atom is 0.394 e. The summed E-state index contributed by atoms with van der Waals surface area (Å²) in [6, 6.07) is 14.3. The minimum atomic E-state index is -1.58. The lowest BCUT2D eigenvalue weighted by atomic mass is 10.1. The molecule has 0 saturated carbocycles. The van der Waals surface area contributed by atoms with Crippen LogP contribution in [0.1, 0.15) is 23.3 Å². The Balaban J connectivity index is 1.80. The maximum absolute atomic E-state index is 12.8. The summed E-state index contributed by atoms with van der Waals surface area (Å²) < 4.78 is 5.99. The number of carboxylic acids is 1. The van der Waals surface area contributed by atoms with E-state index >= 15 is 0 Å². The van der Waals surface area contributed by atoms with Crippen molar-refractivity contribution < 1.29 is 19.1 Å². The molecule has 2 aromatic carbocycles. The van der Waals surface area contributed by atoms with Crippen LogP contribution in [0.4, 0.5) is 5.69 Å². The molecule has 1 amide bonds. The van der Waals surface area contributed by atoms with Crippen LogP contribution < -0.4 is 10.7 Å². The molecule has 6 heteroatoms. The predicted molar refractivity (Wildman–Crippen MR) is 101 cm³/mol. The number of rotatable bonds is 2. The normalized spacial score (nSPS) is 14.3. The van der Waals surface area contributed by atoms with Crippen LogP contribution in [0.15, 0.2) is 57.7 Å². The molecule has 0 bridgehead atoms. The maximum atomic E-state index is 12.8. The Morgan fingerprint density at radius 2 is 1.85 bits per heavy atom. The van der Waals surface area contributed by atoms with Gasteiger partial charge in [0, 0.05) is 17.3 Å². The highest BCUT2D eigenvalue weighted by molar-refractivity contribution is 6.36. The minimum absolute atomic E-state index is 0.0983. The minimum Gasteiger partial charge on any atom is -0.474 e. The molecule has 1 aromatic heterocycles. The van der Waals surface area contributed by atoms with E-state index < -0.39 is 11.9 Å². The van der Waals surface area contributed by atoms with Crippen LogP contribution in [0.25, 0.3) is 22.6 Å². The number of benzene rings is 2. The smallest absolute Gasteiger partial charge is 0.394 e. The third-order valence-corrected chi connectivity index (χ3v) is 4.52. The van der Waals surface area contributed by atoms with Gasteiger partial charge in [0.2, 0.25) is 0 Å². The van der Waals surface area contributed by atoms with Crippen LogP contribution in [-0.2, 0) is 16.0 Å². The number of aliphatic carboxylic acids is 1. The van der Waals surface area contributed by atoms with Crippen molar-refractivity contribution in [1.29, 1.82) is 0 Å². The van der Waals surface area contributed by atoms with Crippen LogP contribution in [-0.4, -0.2) is 17.0 Å². The molecule has 0 aliphatic heterocycles. The lowest BCUT2D eigenvalue weighted by Crippen LogP contribution is -2.21. The van der Waals surface area contributed by atoms with E-state index in [1.54, 1.807) is 0 Å². The monoisotopic (exact) mass is 361 g/mol. The number of carboxylic acid groups (broad SMARTS) is 1. The molecule has 4 rings (SSSR count). The van der Waals surface area contributed by atoms with Crippen molar-refractivity contribution in [2.75, 3.05) is 5.32 Å². The molecule has 1 aliphatic rings. The lowest BCUT2D eigenvalue weighted by molar-refractivity contribution is -0.147. The quantitative estimate of drug-likeness (QED) is 0.683. The molecule has 1 aliphatic carbocycles. The molecule has 0 fully saturated rings. The Morgan fingerprint density at radius 3 is 2.59 bits per heavy atom. The number of amides is 1. The van der Waals surface area contributed by atoms with Crippen molar-refractivity contribution >= 4 is 40.2 Å². The molecule has 0 unspecified atom stereocenters. The van der Waals surface area contributed by atoms with Gasteiger partial charge in [0.25, 0.3) is 0 Å². The van der Waals surface area contributed by atoms with Crippen LogP contribution in [0, 0.1) is 0 Å². The van der Waals surface area contributed by atoms with E-state index in [9.17, 15) is 14.4 Å². The van der Waals surface area contributed by atoms with Gasteiger partial charge in [-0.15, -0.1) is 0 Å². The molecule has 0 radical (unpaired) electrons. The number of anilines is 1. The molecule has 6 nitrogen and oxygen atoms in total. The molecular formula is C21H15NO5. The molecule has 27 heavy (non-hydrogen) atoms. The van der Waals surface area contributed by atoms with Gasteiger partial charge in [-0.1, -0.05) is 30.3 Å². The largest absolute Gasteiger partial charge is 0.474 e. The number of allylic oxidation sites excluding steroid dienone is 1. The fourth-order valence-electron chi connectivity index (χ4n) is 3.24. The second kappa shape index (κ2) is 6.57. The van der Waals surface area contributed by atoms with E-state index in [1.165, 1.54) is 18.2 Å². The first-order chi connectivity index (χ1) is 13.0. The van der Waals surface area contributed by atoms with Gasteiger partial charge in [-0.05, 0) is 42.2 Å². The Morgan fingerprint density at radius 1 is 1.07 bits per heavy atom. The summed E-state index contributed by atoms with van der Waals surface area (Å²) in [5.74, 6) is -2.18. The van der Waals surface area contributed by atoms with Crippen LogP contribution in [0.3, 0.4) is 0 Å². The van der Waals surface area contributed by atoms with Gasteiger partial charge in [-0.3, -0.25) is 9.59 Å². The fraction of sp³-hybridized carbons (Fsp3) is 0.0952. The van der Waals surface area contributed by atoms with Crippen LogP contribution in [0.2, 0.25) is 0 Å². The summed E-state index contributed by atoms with van der Waals surface area (Å²) in [7, 11) is 0. The zero-order valence-electron chi connectivity index (χ0n) is 14.2. The Labute approximate surface area is 153 Å². The lowest BCUT2D eigenvalue weighted by Gasteiger charge is -2.06. The molecule has 1 heterocycles. The summed E-state index contributed by atoms with van der Waals surface area (Å²) in [6.45, 7) is 0. The van der Waals surface area contributed by atoms with Gasteiger partial charge in [0.15, 0.2) is 5.43 Å². The summed E-state index contributed by atoms with van der Waals surface area (Å²) in [5, 5.41) is 11.4. The standard InChI is InChI=1S/C21H15NO5/c23-18-15-9-7-14(22-20(24)21(25)26)11-17(15)27-19-13(6-8-16(18)19)10-12-4-2-1-3-5-12/h1-5,7,9-11H,6,8H2,(H,22,24)(H,25,26)/b13-10+. The average molecular weight is 361 g/mol. The van der Waals surface area contributed by atoms with E-state index in [4.69, 9.17) is 9.52 Å². The highest BCUT2D eigenvalue weighted by atomic mass is 16.4. The number of nitrogens with one attached hydrogen (secondary N) is 1. The van der Waals surface area contributed by atoms with E-state index in [1.807, 2.05) is 36.4 Å². The third-order valence-electron chi connectivity index (χ3n) is 4.52. The van der Waals surface area contributed by atoms with E-state index in [-0.39, 0.29) is 11.1 Å². The summed E-state index contributed by atoms with van der Waals surface area (Å²) in [6.07, 6.45) is 3.32. The molecule has 3 aromatic rings. The first-order valence-electron chi connectivity index (χ1n) is 8.43. The number of hydrogen-bond donors (Lipinski definition) is 2. The van der Waals surface area contributed by atoms with Gasteiger partial charge in [-0.25, -0.2) is 4.79 Å². The van der Waals surface area contributed by atoms with Crippen LogP contribution in [0.5, 0.6) is 0 Å². The third kappa shape index (κ3) is 3.13. The molecule has 0 atom stereocenters. The highest BCUT2D eigenvalue weighted by Gasteiger charge is 2.24. The molecular weight excluding hydrogens is 346 g/mol. The van der Waals surface area contributed by atoms with Crippen molar-refractivity contribution in [3.8, 4) is 0 Å². The number of carbonyl (C=O) groups is 2. The predicted octanol–water partition coefficient (Wildman–Crippen LogP) is 3.30. The Bertz CT molecular complexity index is 1160. The zero-order valence-corrected chi connectivity index (χ0v) is 14.2. The zero-order chi connectivity index (χ0) is 19.0. The molecule has 0 spiro atoms. The van der Waals surface area contributed by atoms with Crippen molar-refractivity contribution in [2.24, 2.45) is 0 Å². The highest BCUT2D eigenvalue weighted by Crippen LogP contribution is 2.34. The second-order valence-electron chi connectivity index (χ2n) is 6.29. The van der Waals surface area contributed by atoms with Gasteiger partial charge in [0.05, 0.1) is 5.39 Å². The van der Waals surface area contributed by atoms with Crippen molar-refractivity contribution in [2.45, 2.75) is 12.8 Å². The topological polar surface area (TPSA) is 96.6 Å². The number of fused-ring (bicyclic) bond motifs is 2. The van der Waals surface area contributed by atoms with E-state index in [0.717, 1.165) is 11.1 Å². The summed E-state index contributed by atoms with van der Waals surface area (Å²) >= 11 is 0. The van der Waals surface area contributed by atoms with Crippen molar-refractivity contribution in [3.63, 3.8) is 0 Å². The van der Waals surface area contributed by atoms with Gasteiger partial charge in [-0.2, -0.15) is 0 Å². The van der Waals surface area contributed by atoms with Crippen LogP contribution >= 0.6 is 0 Å². The molecule has 0 saturated heterocycles. The summed E-state index contributed by atoms with van der Waals surface area (Å²) in [4.78, 5) is 34.8. The van der Waals surface area contributed by atoms with E-state index in [2.05, 4.69) is 5.32 Å². The summed E-state index contributed by atoms with van der Waals surface area (Å²) in [5.41, 5.74) is 3.07. The molecule has 134 valence electrons. The first-order valence-corrected chi connectivity index (χ1v) is 8.43. The van der Waals surface area contributed by atoms with Gasteiger partial charge < -0.3 is 14.8 Å². The number of carbonyl (C=O) groups excluding carboxylic acids is 1. The van der Waals surface area contributed by atoms with Gasteiger partial charge >= 0.3 is 11.9 Å². The fourth-order valence-corrected chi connectivity index (χ4v) is 3.24. The Hall–Kier alpha value is -3.67. The first kappa shape index (κ1) is 16.8. The molecule has 2 N–H and O–H groups in total. The van der Waals surface area contributed by atoms with E-state index in [0.29, 0.717) is 35.1 Å². The number of hydrogen-bond acceptors (Lipinski definition) is 4. The van der Waals surface area contributed by atoms with Gasteiger partial charge in [0.1, 0.15) is 11.3 Å². The Kier molecular flexibility index (Phi) is 4.08. The van der Waals surface area contributed by atoms with Crippen molar-refractivity contribution in [1.82, 2.24) is 0 Å². The SMILES string of the molecule is O=C(O)C(=O)Nc1ccc2c(=O)c3c(oc2c1)/C(=C/c1ccccc1)CC3. The van der Waals surface area contributed by atoms with Crippen molar-refractivity contribution in [3.05, 3.63) is 75.6 Å². The average Bonchev–Trinajstić information content (AvgIpc) is 3.05.